The van der Waals surface area contributed by atoms with Gasteiger partial charge in [-0.15, -0.1) is 0 Å². The second-order valence-corrected chi connectivity index (χ2v) is 6.43. The van der Waals surface area contributed by atoms with E-state index in [0.29, 0.717) is 53.2 Å². The lowest BCUT2D eigenvalue weighted by Crippen LogP contribution is -2.15. The van der Waals surface area contributed by atoms with Gasteiger partial charge in [-0.3, -0.25) is 0 Å². The molecular weight excluding hydrogens is 380 g/mol. The van der Waals surface area contributed by atoms with Crippen LogP contribution < -0.4 is 14.8 Å². The molecule has 0 fully saturated rings. The summed E-state index contributed by atoms with van der Waals surface area (Å²) in [5.74, 6) is 0.565. The highest BCUT2D eigenvalue weighted by Gasteiger charge is 2.14. The molecule has 2 rings (SSSR count). The summed E-state index contributed by atoms with van der Waals surface area (Å²) in [5.41, 5.74) is 1.60. The van der Waals surface area contributed by atoms with Gasteiger partial charge in [-0.1, -0.05) is 29.3 Å². The Morgan fingerprint density at radius 2 is 1.92 bits per heavy atom. The number of nitrogens with one attached hydrogen (secondary N) is 1. The van der Waals surface area contributed by atoms with Crippen LogP contribution in [0.25, 0.3) is 0 Å². The highest BCUT2D eigenvalue weighted by atomic mass is 35.5. The fourth-order valence-corrected chi connectivity index (χ4v) is 2.86. The number of rotatable bonds is 10. The molecule has 0 bridgehead atoms. The maximum Gasteiger partial charge on any atom is 0.180 e. The third-order valence-corrected chi connectivity index (χ3v) is 4.23. The van der Waals surface area contributed by atoms with E-state index < -0.39 is 5.82 Å². The van der Waals surface area contributed by atoms with Gasteiger partial charge in [-0.2, -0.15) is 0 Å². The Morgan fingerprint density at radius 1 is 1.12 bits per heavy atom. The number of hydrogen-bond donors (Lipinski definition) is 2. The zero-order valence-electron chi connectivity index (χ0n) is 14.5. The first-order valence-corrected chi connectivity index (χ1v) is 9.14. The molecule has 0 saturated carbocycles. The van der Waals surface area contributed by atoms with E-state index in [0.717, 1.165) is 5.56 Å². The Bertz CT molecular complexity index is 728. The van der Waals surface area contributed by atoms with E-state index in [2.05, 4.69) is 5.32 Å². The van der Waals surface area contributed by atoms with Gasteiger partial charge in [0.15, 0.2) is 11.5 Å². The minimum absolute atomic E-state index is 0.146. The number of ether oxygens (including phenoxy) is 2. The van der Waals surface area contributed by atoms with E-state index in [9.17, 15) is 4.39 Å². The first-order valence-electron chi connectivity index (χ1n) is 8.38. The number of hydrogen-bond acceptors (Lipinski definition) is 4. The Balaban J connectivity index is 2.13. The molecule has 7 heteroatoms. The van der Waals surface area contributed by atoms with E-state index in [-0.39, 0.29) is 13.2 Å². The average molecular weight is 402 g/mol. The van der Waals surface area contributed by atoms with Crippen LogP contribution in [-0.4, -0.2) is 24.9 Å². The van der Waals surface area contributed by atoms with E-state index in [4.69, 9.17) is 37.8 Å². The molecule has 4 nitrogen and oxygen atoms in total. The first-order chi connectivity index (χ1) is 12.5. The number of aliphatic hydroxyl groups excluding tert-OH is 1. The van der Waals surface area contributed by atoms with Crippen molar-refractivity contribution < 1.29 is 19.0 Å². The topological polar surface area (TPSA) is 50.7 Å². The van der Waals surface area contributed by atoms with Crippen molar-refractivity contribution in [3.63, 3.8) is 0 Å². The molecule has 2 N–H and O–H groups in total. The summed E-state index contributed by atoms with van der Waals surface area (Å²) >= 11 is 12.4. The standard InChI is InChI=1S/C19H22Cl2FNO3/c1-2-25-18-9-13(11-23-6-3-7-24)8-17(21)19(18)26-12-14-4-5-15(22)10-16(14)20/h4-5,8-10,23-24H,2-3,6-7,11-12H2,1H3. The maximum absolute atomic E-state index is 13.1. The van der Waals surface area contributed by atoms with Crippen molar-refractivity contribution in [1.29, 1.82) is 0 Å². The summed E-state index contributed by atoms with van der Waals surface area (Å²) in [6.45, 7) is 3.94. The molecule has 0 amide bonds. The Kier molecular flexibility index (Phi) is 8.45. The fraction of sp³-hybridized carbons (Fsp3) is 0.368. The lowest BCUT2D eigenvalue weighted by atomic mass is 10.2. The van der Waals surface area contributed by atoms with Crippen LogP contribution in [0.5, 0.6) is 11.5 Å². The van der Waals surface area contributed by atoms with Gasteiger partial charge in [0, 0.05) is 18.7 Å². The monoisotopic (exact) mass is 401 g/mol. The lowest BCUT2D eigenvalue weighted by Gasteiger charge is -2.16. The number of aliphatic hydroxyl groups is 1. The molecule has 0 radical (unpaired) electrons. The van der Waals surface area contributed by atoms with Crippen LogP contribution in [0.4, 0.5) is 4.39 Å². The Labute approximate surface area is 162 Å². The first kappa shape index (κ1) is 20.8. The lowest BCUT2D eigenvalue weighted by molar-refractivity contribution is 0.269. The van der Waals surface area contributed by atoms with Gasteiger partial charge in [0.2, 0.25) is 0 Å². The van der Waals surface area contributed by atoms with E-state index in [1.165, 1.54) is 12.1 Å². The highest BCUT2D eigenvalue weighted by Crippen LogP contribution is 2.37. The Morgan fingerprint density at radius 3 is 2.62 bits per heavy atom. The molecule has 0 heterocycles. The van der Waals surface area contributed by atoms with Crippen LogP contribution in [0.3, 0.4) is 0 Å². The SMILES string of the molecule is CCOc1cc(CNCCCO)cc(Cl)c1OCc1ccc(F)cc1Cl. The predicted molar refractivity (Wildman–Crippen MR) is 102 cm³/mol. The van der Waals surface area contributed by atoms with Gasteiger partial charge in [-0.05, 0) is 49.7 Å². The molecular formula is C19H22Cl2FNO3. The maximum atomic E-state index is 13.1. The van der Waals surface area contributed by atoms with E-state index >= 15 is 0 Å². The molecule has 0 aliphatic heterocycles. The molecule has 0 spiro atoms. The van der Waals surface area contributed by atoms with Gasteiger partial charge in [0.25, 0.3) is 0 Å². The van der Waals surface area contributed by atoms with Crippen LogP contribution >= 0.6 is 23.2 Å². The molecule has 0 saturated heterocycles. The molecule has 0 aliphatic rings. The van der Waals surface area contributed by atoms with Gasteiger partial charge in [0.05, 0.1) is 16.7 Å². The predicted octanol–water partition coefficient (Wildman–Crippen LogP) is 4.58. The number of halogens is 3. The van der Waals surface area contributed by atoms with Gasteiger partial charge >= 0.3 is 0 Å². The second-order valence-electron chi connectivity index (χ2n) is 5.62. The van der Waals surface area contributed by atoms with Crippen molar-refractivity contribution in [2.24, 2.45) is 0 Å². The molecule has 26 heavy (non-hydrogen) atoms. The van der Waals surface area contributed by atoms with Crippen LogP contribution in [0.1, 0.15) is 24.5 Å². The minimum Gasteiger partial charge on any atom is -0.490 e. The molecule has 0 unspecified atom stereocenters. The van der Waals surface area contributed by atoms with Gasteiger partial charge in [-0.25, -0.2) is 4.39 Å². The van der Waals surface area contributed by atoms with E-state index in [1.54, 1.807) is 12.1 Å². The molecule has 142 valence electrons. The highest BCUT2D eigenvalue weighted by molar-refractivity contribution is 6.32. The van der Waals surface area contributed by atoms with Crippen molar-refractivity contribution >= 4 is 23.2 Å². The summed E-state index contributed by atoms with van der Waals surface area (Å²) in [6, 6.07) is 7.81. The minimum atomic E-state index is -0.398. The van der Waals surface area contributed by atoms with Crippen LogP contribution in [0.15, 0.2) is 30.3 Å². The van der Waals surface area contributed by atoms with Crippen LogP contribution in [0, 0.1) is 5.82 Å². The van der Waals surface area contributed by atoms with Crippen LogP contribution in [-0.2, 0) is 13.2 Å². The smallest absolute Gasteiger partial charge is 0.180 e. The summed E-state index contributed by atoms with van der Waals surface area (Å²) < 4.78 is 24.6. The number of benzene rings is 2. The largest absolute Gasteiger partial charge is 0.490 e. The van der Waals surface area contributed by atoms with Gasteiger partial charge in [0.1, 0.15) is 12.4 Å². The second kappa shape index (κ2) is 10.6. The summed E-state index contributed by atoms with van der Waals surface area (Å²) in [7, 11) is 0. The Hall–Kier alpha value is -1.53. The quantitative estimate of drug-likeness (QED) is 0.572. The summed E-state index contributed by atoms with van der Waals surface area (Å²) in [5, 5.41) is 12.8. The third kappa shape index (κ3) is 6.02. The normalized spacial score (nSPS) is 10.8. The fourth-order valence-electron chi connectivity index (χ4n) is 2.35. The molecule has 2 aromatic rings. The van der Waals surface area contributed by atoms with Crippen molar-refractivity contribution in [1.82, 2.24) is 5.32 Å². The third-order valence-electron chi connectivity index (χ3n) is 3.60. The average Bonchev–Trinajstić information content (AvgIpc) is 2.60. The summed E-state index contributed by atoms with van der Waals surface area (Å²) in [6.07, 6.45) is 0.686. The van der Waals surface area contributed by atoms with Gasteiger partial charge < -0.3 is 19.9 Å². The zero-order chi connectivity index (χ0) is 18.9. The van der Waals surface area contributed by atoms with Crippen molar-refractivity contribution in [3.05, 3.63) is 57.3 Å². The van der Waals surface area contributed by atoms with Crippen molar-refractivity contribution in [2.75, 3.05) is 19.8 Å². The molecule has 0 atom stereocenters. The molecule has 2 aromatic carbocycles. The van der Waals surface area contributed by atoms with Crippen molar-refractivity contribution in [3.8, 4) is 11.5 Å². The van der Waals surface area contributed by atoms with Crippen molar-refractivity contribution in [2.45, 2.75) is 26.5 Å². The molecule has 0 aliphatic carbocycles. The van der Waals surface area contributed by atoms with E-state index in [1.807, 2.05) is 13.0 Å². The molecule has 0 aromatic heterocycles. The van der Waals surface area contributed by atoms with Crippen LogP contribution in [0.2, 0.25) is 10.0 Å². The zero-order valence-corrected chi connectivity index (χ0v) is 16.0. The summed E-state index contributed by atoms with van der Waals surface area (Å²) in [4.78, 5) is 0.